The minimum atomic E-state index is -1.09. The van der Waals surface area contributed by atoms with Gasteiger partial charge in [-0.2, -0.15) is 5.10 Å². The maximum atomic E-state index is 11.6. The zero-order valence-electron chi connectivity index (χ0n) is 13.0. The average molecular weight is 296 g/mol. The van der Waals surface area contributed by atoms with Crippen LogP contribution in [0.2, 0.25) is 25.7 Å². The predicted molar refractivity (Wildman–Crippen MR) is 82.4 cm³/mol. The van der Waals surface area contributed by atoms with Gasteiger partial charge in [-0.1, -0.05) is 26.2 Å². The maximum absolute atomic E-state index is 11.6. The number of hydrogen-bond acceptors (Lipinski definition) is 4. The van der Waals surface area contributed by atoms with E-state index in [4.69, 9.17) is 9.47 Å². The molecule has 0 unspecified atom stereocenters. The quantitative estimate of drug-likeness (QED) is 0.441. The number of nitrogens with zero attached hydrogens (tertiary/aromatic N) is 2. The Morgan fingerprint density at radius 1 is 1.45 bits per heavy atom. The molecule has 0 aliphatic carbocycles. The van der Waals surface area contributed by atoms with Crippen molar-refractivity contribution in [3.8, 4) is 0 Å². The predicted octanol–water partition coefficient (Wildman–Crippen LogP) is 3.02. The van der Waals surface area contributed by atoms with E-state index in [1.165, 1.54) is 7.11 Å². The van der Waals surface area contributed by atoms with Crippen molar-refractivity contribution < 1.29 is 14.3 Å². The van der Waals surface area contributed by atoms with E-state index in [0.717, 1.165) is 11.6 Å². The molecule has 0 aliphatic heterocycles. The fourth-order valence-corrected chi connectivity index (χ4v) is 2.34. The van der Waals surface area contributed by atoms with Crippen LogP contribution in [0.5, 0.6) is 0 Å². The topological polar surface area (TPSA) is 53.4 Å². The molecule has 112 valence electrons. The number of esters is 1. The summed E-state index contributed by atoms with van der Waals surface area (Å²) in [6.45, 7) is 13.6. The lowest BCUT2D eigenvalue weighted by Gasteiger charge is -2.15. The molecule has 6 heteroatoms. The minimum absolute atomic E-state index is 0.286. The summed E-state index contributed by atoms with van der Waals surface area (Å²) in [5, 5.41) is 4.20. The van der Waals surface area contributed by atoms with E-state index in [1.54, 1.807) is 10.9 Å². The average Bonchev–Trinajstić information content (AvgIpc) is 2.77. The van der Waals surface area contributed by atoms with Crippen molar-refractivity contribution in [3.63, 3.8) is 0 Å². The van der Waals surface area contributed by atoms with E-state index in [0.29, 0.717) is 18.9 Å². The summed E-state index contributed by atoms with van der Waals surface area (Å²) in [6, 6.07) is 1.10. The van der Waals surface area contributed by atoms with Crippen LogP contribution in [0.15, 0.2) is 12.8 Å². The van der Waals surface area contributed by atoms with Crippen LogP contribution in [0.25, 0.3) is 5.57 Å². The summed E-state index contributed by atoms with van der Waals surface area (Å²) in [5.41, 5.74) is 1.76. The van der Waals surface area contributed by atoms with E-state index < -0.39 is 14.0 Å². The van der Waals surface area contributed by atoms with Crippen molar-refractivity contribution in [2.75, 3.05) is 13.7 Å². The van der Waals surface area contributed by atoms with Gasteiger partial charge in [0.1, 0.15) is 6.73 Å². The molecule has 5 nitrogen and oxygen atoms in total. The molecule has 0 amide bonds. The number of methoxy groups -OCH3 is 1. The Balaban J connectivity index is 2.68. The molecule has 0 bridgehead atoms. The Morgan fingerprint density at radius 2 is 2.10 bits per heavy atom. The van der Waals surface area contributed by atoms with Gasteiger partial charge in [-0.15, -0.1) is 0 Å². The van der Waals surface area contributed by atoms with Gasteiger partial charge in [0.2, 0.25) is 0 Å². The Bertz CT molecular complexity index is 489. The molecule has 1 heterocycles. The first kappa shape index (κ1) is 16.7. The van der Waals surface area contributed by atoms with E-state index in [9.17, 15) is 4.79 Å². The first-order valence-electron chi connectivity index (χ1n) is 6.64. The number of carbonyl (C=O) groups excluding carboxylic acids is 1. The van der Waals surface area contributed by atoms with Gasteiger partial charge in [0, 0.05) is 26.4 Å². The van der Waals surface area contributed by atoms with E-state index in [-0.39, 0.29) is 5.69 Å². The Morgan fingerprint density at radius 3 is 2.60 bits per heavy atom. The number of allylic oxidation sites excluding steroid dienone is 1. The second-order valence-corrected chi connectivity index (χ2v) is 11.7. The molecule has 0 saturated carbocycles. The fourth-order valence-electron chi connectivity index (χ4n) is 1.58. The number of carbonyl (C=O) groups is 1. The van der Waals surface area contributed by atoms with Gasteiger partial charge < -0.3 is 9.47 Å². The number of hydrogen-bond donors (Lipinski definition) is 0. The summed E-state index contributed by atoms with van der Waals surface area (Å²) in [5.74, 6) is -0.455. The fraction of sp³-hybridized carbons (Fsp3) is 0.571. The lowest BCUT2D eigenvalue weighted by Crippen LogP contribution is -2.22. The molecule has 0 fully saturated rings. The minimum Gasteiger partial charge on any atom is -0.464 e. The van der Waals surface area contributed by atoms with Gasteiger partial charge >= 0.3 is 5.97 Å². The molecule has 0 atom stereocenters. The van der Waals surface area contributed by atoms with Gasteiger partial charge in [-0.25, -0.2) is 9.48 Å². The lowest BCUT2D eigenvalue weighted by molar-refractivity contribution is 0.0582. The molecule has 0 saturated heterocycles. The summed E-state index contributed by atoms with van der Waals surface area (Å²) in [6.07, 6.45) is 1.77. The lowest BCUT2D eigenvalue weighted by atomic mass is 10.1. The molecular formula is C14H24N2O3Si. The highest BCUT2D eigenvalue weighted by Gasteiger charge is 2.18. The smallest absolute Gasteiger partial charge is 0.359 e. The zero-order valence-corrected chi connectivity index (χ0v) is 14.0. The largest absolute Gasteiger partial charge is 0.464 e. The molecule has 1 rings (SSSR count). The monoisotopic (exact) mass is 296 g/mol. The Labute approximate surface area is 121 Å². The van der Waals surface area contributed by atoms with E-state index in [1.807, 2.05) is 6.92 Å². The van der Waals surface area contributed by atoms with Gasteiger partial charge in [-0.3, -0.25) is 0 Å². The highest BCUT2D eigenvalue weighted by molar-refractivity contribution is 6.76. The first-order chi connectivity index (χ1) is 9.24. The van der Waals surface area contributed by atoms with Crippen LogP contribution in [0.1, 0.15) is 23.0 Å². The van der Waals surface area contributed by atoms with Crippen LogP contribution in [-0.4, -0.2) is 37.5 Å². The van der Waals surface area contributed by atoms with Crippen LogP contribution in [0.4, 0.5) is 0 Å². The maximum Gasteiger partial charge on any atom is 0.359 e. The first-order valence-corrected chi connectivity index (χ1v) is 10.3. The summed E-state index contributed by atoms with van der Waals surface area (Å²) < 4.78 is 11.9. The second-order valence-electron chi connectivity index (χ2n) is 6.05. The third kappa shape index (κ3) is 4.94. The van der Waals surface area contributed by atoms with Crippen molar-refractivity contribution >= 4 is 19.6 Å². The normalized spacial score (nSPS) is 11.4. The third-order valence-electron chi connectivity index (χ3n) is 2.82. The Hall–Kier alpha value is -1.40. The second kappa shape index (κ2) is 6.85. The molecule has 0 aliphatic rings. The molecule has 0 N–H and O–H groups in total. The molecular weight excluding hydrogens is 272 g/mol. The summed E-state index contributed by atoms with van der Waals surface area (Å²) in [7, 11) is 0.256. The van der Waals surface area contributed by atoms with Crippen LogP contribution in [-0.2, 0) is 16.2 Å². The molecule has 0 spiro atoms. The van der Waals surface area contributed by atoms with Crippen molar-refractivity contribution in [2.45, 2.75) is 39.3 Å². The van der Waals surface area contributed by atoms with Crippen LogP contribution in [0, 0.1) is 0 Å². The molecule has 20 heavy (non-hydrogen) atoms. The van der Waals surface area contributed by atoms with Crippen molar-refractivity contribution in [2.24, 2.45) is 0 Å². The van der Waals surface area contributed by atoms with Crippen LogP contribution >= 0.6 is 0 Å². The van der Waals surface area contributed by atoms with Crippen molar-refractivity contribution in [1.82, 2.24) is 9.78 Å². The van der Waals surface area contributed by atoms with Crippen LogP contribution in [0.3, 0.4) is 0 Å². The SMILES string of the molecule is C=C(C)c1cn(COCC[Si](C)(C)C)nc1C(=O)OC. The van der Waals surface area contributed by atoms with Crippen molar-refractivity contribution in [1.29, 1.82) is 0 Å². The highest BCUT2D eigenvalue weighted by atomic mass is 28.3. The molecule has 0 radical (unpaired) electrons. The molecule has 1 aromatic heterocycles. The molecule has 0 aromatic carbocycles. The molecule has 1 aromatic rings. The Kier molecular flexibility index (Phi) is 5.70. The van der Waals surface area contributed by atoms with E-state index >= 15 is 0 Å². The van der Waals surface area contributed by atoms with E-state index in [2.05, 4.69) is 31.3 Å². The zero-order chi connectivity index (χ0) is 15.3. The summed E-state index contributed by atoms with van der Waals surface area (Å²) in [4.78, 5) is 11.6. The van der Waals surface area contributed by atoms with Gasteiger partial charge in [0.15, 0.2) is 5.69 Å². The number of ether oxygens (including phenoxy) is 2. The number of rotatable bonds is 7. The number of aromatic nitrogens is 2. The third-order valence-corrected chi connectivity index (χ3v) is 4.52. The van der Waals surface area contributed by atoms with Crippen LogP contribution < -0.4 is 0 Å². The van der Waals surface area contributed by atoms with Crippen molar-refractivity contribution in [3.05, 3.63) is 24.0 Å². The van der Waals surface area contributed by atoms with Gasteiger partial charge in [0.25, 0.3) is 0 Å². The summed E-state index contributed by atoms with van der Waals surface area (Å²) >= 11 is 0. The van der Waals surface area contributed by atoms with Gasteiger partial charge in [-0.05, 0) is 18.5 Å². The standard InChI is InChI=1S/C14H24N2O3Si/c1-11(2)12-9-16(15-13(12)14(17)18-3)10-19-7-8-20(4,5)6/h9H,1,7-8,10H2,2-6H3. The highest BCUT2D eigenvalue weighted by Crippen LogP contribution is 2.17. The van der Waals surface area contributed by atoms with Gasteiger partial charge in [0.05, 0.1) is 7.11 Å².